The van der Waals surface area contributed by atoms with Crippen LogP contribution in [0.1, 0.15) is 46.6 Å². The molecule has 1 aliphatic heterocycles. The van der Waals surface area contributed by atoms with Crippen molar-refractivity contribution in [3.8, 4) is 0 Å². The van der Waals surface area contributed by atoms with Gasteiger partial charge in [-0.1, -0.05) is 29.8 Å². The van der Waals surface area contributed by atoms with Gasteiger partial charge in [0, 0.05) is 24.2 Å². The number of hydrogen-bond donors (Lipinski definition) is 0. The normalized spacial score (nSPS) is 16.8. The molecule has 0 bridgehead atoms. The summed E-state index contributed by atoms with van der Waals surface area (Å²) in [5, 5.41) is 0.699. The Bertz CT molecular complexity index is 910. The lowest BCUT2D eigenvalue weighted by Crippen LogP contribution is -2.31. The molecule has 26 heavy (non-hydrogen) atoms. The summed E-state index contributed by atoms with van der Waals surface area (Å²) in [6, 6.07) is 12.9. The lowest BCUT2D eigenvalue weighted by atomic mass is 10.1. The van der Waals surface area contributed by atoms with E-state index in [0.717, 1.165) is 24.2 Å². The molecule has 132 valence electrons. The summed E-state index contributed by atoms with van der Waals surface area (Å²) in [4.78, 5) is 23.1. The summed E-state index contributed by atoms with van der Waals surface area (Å²) in [7, 11) is 0. The number of rotatable bonds is 4. The van der Waals surface area contributed by atoms with Crippen LogP contribution in [0.5, 0.6) is 0 Å². The molecule has 1 unspecified atom stereocenters. The van der Waals surface area contributed by atoms with E-state index < -0.39 is 0 Å². The van der Waals surface area contributed by atoms with Gasteiger partial charge in [-0.25, -0.2) is 4.98 Å². The van der Waals surface area contributed by atoms with E-state index in [0.29, 0.717) is 29.6 Å². The summed E-state index contributed by atoms with van der Waals surface area (Å²) < 4.78 is 5.96. The zero-order chi connectivity index (χ0) is 17.9. The highest BCUT2D eigenvalue weighted by molar-refractivity contribution is 6.30. The van der Waals surface area contributed by atoms with Gasteiger partial charge in [-0.15, -0.1) is 0 Å². The lowest BCUT2D eigenvalue weighted by Gasteiger charge is -2.21. The first-order valence-corrected chi connectivity index (χ1v) is 8.99. The Morgan fingerprint density at radius 1 is 1.23 bits per heavy atom. The van der Waals surface area contributed by atoms with E-state index in [-0.39, 0.29) is 11.9 Å². The molecular weight excluding hydrogens is 350 g/mol. The smallest absolute Gasteiger partial charge is 0.273 e. The number of carbonyl (C=O) groups excluding carboxylic acids is 1. The third kappa shape index (κ3) is 3.48. The van der Waals surface area contributed by atoms with Gasteiger partial charge in [-0.2, -0.15) is 0 Å². The summed E-state index contributed by atoms with van der Waals surface area (Å²) in [5.41, 5.74) is 1.51. The average molecular weight is 368 g/mol. The summed E-state index contributed by atoms with van der Waals surface area (Å²) in [6.45, 7) is 0.687. The first kappa shape index (κ1) is 16.8. The zero-order valence-corrected chi connectivity index (χ0v) is 14.9. The van der Waals surface area contributed by atoms with Crippen LogP contribution in [0.3, 0.4) is 0 Å². The molecule has 6 heteroatoms. The number of nitrogens with zero attached hydrogens (tertiary/aromatic N) is 3. The zero-order valence-electron chi connectivity index (χ0n) is 14.1. The van der Waals surface area contributed by atoms with Crippen molar-refractivity contribution in [1.82, 2.24) is 14.9 Å². The molecule has 5 nitrogen and oxygen atoms in total. The van der Waals surface area contributed by atoms with Gasteiger partial charge in [0.05, 0.1) is 6.20 Å². The van der Waals surface area contributed by atoms with Crippen LogP contribution in [-0.2, 0) is 6.42 Å². The number of oxazole rings is 1. The molecule has 2 aromatic heterocycles. The number of aromatic nitrogens is 2. The largest absolute Gasteiger partial charge is 0.443 e. The van der Waals surface area contributed by atoms with E-state index in [1.165, 1.54) is 0 Å². The van der Waals surface area contributed by atoms with Crippen LogP contribution in [0.25, 0.3) is 0 Å². The van der Waals surface area contributed by atoms with Crippen molar-refractivity contribution in [3.63, 3.8) is 0 Å². The first-order valence-electron chi connectivity index (χ1n) is 8.62. The Balaban J connectivity index is 1.52. The van der Waals surface area contributed by atoms with Crippen LogP contribution in [0.2, 0.25) is 5.02 Å². The third-order valence-electron chi connectivity index (χ3n) is 4.52. The van der Waals surface area contributed by atoms with Crippen LogP contribution in [-0.4, -0.2) is 27.3 Å². The highest BCUT2D eigenvalue weighted by Gasteiger charge is 2.34. The molecule has 3 aromatic rings. The maximum atomic E-state index is 12.7. The van der Waals surface area contributed by atoms with Crippen molar-refractivity contribution in [2.75, 3.05) is 6.54 Å². The molecular formula is C20H18ClN3O2. The van der Waals surface area contributed by atoms with Gasteiger partial charge < -0.3 is 9.32 Å². The van der Waals surface area contributed by atoms with Crippen LogP contribution < -0.4 is 0 Å². The van der Waals surface area contributed by atoms with E-state index in [1.807, 2.05) is 30.3 Å². The quantitative estimate of drug-likeness (QED) is 0.690. The predicted octanol–water partition coefficient (Wildman–Crippen LogP) is 4.29. The van der Waals surface area contributed by atoms with Crippen LogP contribution in [0, 0.1) is 0 Å². The SMILES string of the molecule is O=C(c1ccccn1)N1CCCC1c1ncc(Cc2cccc(Cl)c2)o1. The first-order chi connectivity index (χ1) is 12.7. The number of hydrogen-bond acceptors (Lipinski definition) is 4. The summed E-state index contributed by atoms with van der Waals surface area (Å²) in [5.74, 6) is 1.27. The molecule has 1 aromatic carbocycles. The van der Waals surface area contributed by atoms with Crippen molar-refractivity contribution < 1.29 is 9.21 Å². The maximum absolute atomic E-state index is 12.7. The van der Waals surface area contributed by atoms with Gasteiger partial charge in [0.1, 0.15) is 17.5 Å². The molecule has 1 fully saturated rings. The highest BCUT2D eigenvalue weighted by atomic mass is 35.5. The van der Waals surface area contributed by atoms with Gasteiger partial charge in [-0.05, 0) is 42.7 Å². The number of likely N-dealkylation sites (tertiary alicyclic amines) is 1. The number of carbonyl (C=O) groups is 1. The molecule has 0 radical (unpaired) electrons. The van der Waals surface area contributed by atoms with Gasteiger partial charge in [0.25, 0.3) is 5.91 Å². The van der Waals surface area contributed by atoms with Crippen LogP contribution in [0.4, 0.5) is 0 Å². The third-order valence-corrected chi connectivity index (χ3v) is 4.76. The van der Waals surface area contributed by atoms with E-state index in [2.05, 4.69) is 9.97 Å². The molecule has 1 atom stereocenters. The topological polar surface area (TPSA) is 59.2 Å². The maximum Gasteiger partial charge on any atom is 0.273 e. The lowest BCUT2D eigenvalue weighted by molar-refractivity contribution is 0.0708. The average Bonchev–Trinajstić information content (AvgIpc) is 3.31. The van der Waals surface area contributed by atoms with E-state index >= 15 is 0 Å². The summed E-state index contributed by atoms with van der Waals surface area (Å²) in [6.07, 6.45) is 5.75. The molecule has 0 saturated carbocycles. The number of halogens is 1. The minimum Gasteiger partial charge on any atom is -0.443 e. The van der Waals surface area contributed by atoms with E-state index in [9.17, 15) is 4.79 Å². The second-order valence-electron chi connectivity index (χ2n) is 6.34. The molecule has 3 heterocycles. The van der Waals surface area contributed by atoms with Crippen LogP contribution >= 0.6 is 11.6 Å². The van der Waals surface area contributed by atoms with Crippen molar-refractivity contribution in [3.05, 3.63) is 82.8 Å². The summed E-state index contributed by atoms with van der Waals surface area (Å²) >= 11 is 6.04. The van der Waals surface area contributed by atoms with Crippen molar-refractivity contribution in [2.24, 2.45) is 0 Å². The van der Waals surface area contributed by atoms with Gasteiger partial charge in [0.15, 0.2) is 0 Å². The number of pyridine rings is 1. The Hall–Kier alpha value is -2.66. The Morgan fingerprint density at radius 2 is 2.15 bits per heavy atom. The van der Waals surface area contributed by atoms with Gasteiger partial charge >= 0.3 is 0 Å². The van der Waals surface area contributed by atoms with Crippen molar-refractivity contribution in [2.45, 2.75) is 25.3 Å². The molecule has 1 amide bonds. The highest BCUT2D eigenvalue weighted by Crippen LogP contribution is 2.33. The van der Waals surface area contributed by atoms with E-state index in [4.69, 9.17) is 16.0 Å². The van der Waals surface area contributed by atoms with Crippen molar-refractivity contribution in [1.29, 1.82) is 0 Å². The fourth-order valence-electron chi connectivity index (χ4n) is 3.31. The number of benzene rings is 1. The minimum absolute atomic E-state index is 0.0808. The fraction of sp³-hybridized carbons (Fsp3) is 0.250. The fourth-order valence-corrected chi connectivity index (χ4v) is 3.52. The Kier molecular flexibility index (Phi) is 4.71. The molecule has 4 rings (SSSR count). The van der Waals surface area contributed by atoms with Gasteiger partial charge in [-0.3, -0.25) is 9.78 Å². The Labute approximate surface area is 156 Å². The monoisotopic (exact) mass is 367 g/mol. The van der Waals surface area contributed by atoms with Crippen molar-refractivity contribution >= 4 is 17.5 Å². The Morgan fingerprint density at radius 3 is 2.96 bits per heavy atom. The molecule has 0 aliphatic carbocycles. The molecule has 0 N–H and O–H groups in total. The second kappa shape index (κ2) is 7.30. The second-order valence-corrected chi connectivity index (χ2v) is 6.78. The van der Waals surface area contributed by atoms with E-state index in [1.54, 1.807) is 29.4 Å². The number of amides is 1. The standard InChI is InChI=1S/C20H18ClN3O2/c21-15-6-3-5-14(11-15)12-16-13-23-19(26-16)18-8-4-10-24(18)20(25)17-7-1-2-9-22-17/h1-3,5-7,9,11,13,18H,4,8,10,12H2. The van der Waals surface area contributed by atoms with Crippen LogP contribution in [0.15, 0.2) is 59.3 Å². The predicted molar refractivity (Wildman–Crippen MR) is 98.0 cm³/mol. The minimum atomic E-state index is -0.141. The molecule has 1 aliphatic rings. The van der Waals surface area contributed by atoms with Gasteiger partial charge in [0.2, 0.25) is 5.89 Å². The molecule has 1 saturated heterocycles. The molecule has 0 spiro atoms.